The van der Waals surface area contributed by atoms with E-state index >= 15 is 0 Å². The fourth-order valence-electron chi connectivity index (χ4n) is 1.16. The highest BCUT2D eigenvalue weighted by atomic mass is 16.3. The smallest absolute Gasteiger partial charge is 0.170 e. The molecule has 0 bridgehead atoms. The Kier molecular flexibility index (Phi) is 1.42. The Balaban J connectivity index is 2.67. The van der Waals surface area contributed by atoms with Gasteiger partial charge in [0.2, 0.25) is 0 Å². The van der Waals surface area contributed by atoms with Gasteiger partial charge in [-0.3, -0.25) is 0 Å². The van der Waals surface area contributed by atoms with Gasteiger partial charge in [-0.2, -0.15) is 0 Å². The molecule has 11 heavy (non-hydrogen) atoms. The van der Waals surface area contributed by atoms with Crippen LogP contribution in [-0.4, -0.2) is 0 Å². The Morgan fingerprint density at radius 1 is 1.45 bits per heavy atom. The third-order valence-electron chi connectivity index (χ3n) is 1.87. The molecule has 0 saturated carbocycles. The van der Waals surface area contributed by atoms with E-state index in [1.54, 1.807) is 0 Å². The van der Waals surface area contributed by atoms with E-state index in [-0.39, 0.29) is 0 Å². The zero-order chi connectivity index (χ0) is 7.68. The number of hydrogen-bond donors (Lipinski definition) is 0. The number of aryl methyl sites for hydroxylation is 1. The molecule has 0 aliphatic carbocycles. The minimum Gasteiger partial charge on any atom is -0.453 e. The van der Waals surface area contributed by atoms with E-state index in [1.165, 1.54) is 5.56 Å². The zero-order valence-electron chi connectivity index (χ0n) is 6.42. The summed E-state index contributed by atoms with van der Waals surface area (Å²) in [5, 5.41) is 1.13. The number of fused-ring (bicyclic) bond motifs is 1. The van der Waals surface area contributed by atoms with E-state index in [0.717, 1.165) is 17.4 Å². The highest BCUT2D eigenvalue weighted by molar-refractivity contribution is 5.77. The molecule has 0 aliphatic rings. The summed E-state index contributed by atoms with van der Waals surface area (Å²) in [5.41, 5.74) is 2.24. The number of hydrogen-bond acceptors (Lipinski definition) is 1. The first-order valence-corrected chi connectivity index (χ1v) is 3.78. The molecule has 0 unspecified atom stereocenters. The maximum atomic E-state index is 5.14. The van der Waals surface area contributed by atoms with Gasteiger partial charge in [0.25, 0.3) is 0 Å². The number of furan rings is 1. The molecule has 2 aromatic rings. The lowest BCUT2D eigenvalue weighted by Crippen LogP contribution is -1.76. The molecule has 0 atom stereocenters. The Hall–Kier alpha value is -1.24. The summed E-state index contributed by atoms with van der Waals surface area (Å²) < 4.78 is 5.14. The van der Waals surface area contributed by atoms with E-state index in [9.17, 15) is 0 Å². The molecule has 1 aromatic heterocycles. The van der Waals surface area contributed by atoms with E-state index in [4.69, 9.17) is 4.42 Å². The Morgan fingerprint density at radius 3 is 3.18 bits per heavy atom. The summed E-state index contributed by atoms with van der Waals surface area (Å²) >= 11 is 0. The summed E-state index contributed by atoms with van der Waals surface area (Å²) in [6.45, 7) is 2.13. The fourth-order valence-corrected chi connectivity index (χ4v) is 1.16. The van der Waals surface area contributed by atoms with Crippen molar-refractivity contribution in [2.75, 3.05) is 0 Å². The third-order valence-corrected chi connectivity index (χ3v) is 1.87. The van der Waals surface area contributed by atoms with E-state index in [1.807, 2.05) is 6.07 Å². The summed E-state index contributed by atoms with van der Waals surface area (Å²) in [4.78, 5) is 0. The lowest BCUT2D eigenvalue weighted by molar-refractivity contribution is 0.605. The van der Waals surface area contributed by atoms with Crippen LogP contribution in [0.25, 0.3) is 11.0 Å². The minimum absolute atomic E-state index is 0.935. The highest BCUT2D eigenvalue weighted by Gasteiger charge is 1.96. The van der Waals surface area contributed by atoms with Gasteiger partial charge in [-0.25, -0.2) is 0 Å². The van der Waals surface area contributed by atoms with E-state index in [2.05, 4.69) is 31.4 Å². The van der Waals surface area contributed by atoms with Crippen molar-refractivity contribution in [1.29, 1.82) is 0 Å². The van der Waals surface area contributed by atoms with Crippen molar-refractivity contribution in [2.24, 2.45) is 0 Å². The van der Waals surface area contributed by atoms with Gasteiger partial charge in [0.15, 0.2) is 6.26 Å². The zero-order valence-corrected chi connectivity index (χ0v) is 6.42. The molecule has 0 saturated heterocycles. The first kappa shape index (κ1) is 6.47. The lowest BCUT2D eigenvalue weighted by atomic mass is 10.1. The van der Waals surface area contributed by atoms with Crippen LogP contribution >= 0.6 is 0 Å². The Labute approximate surface area is 65.6 Å². The van der Waals surface area contributed by atoms with Crippen LogP contribution in [0.1, 0.15) is 12.5 Å². The summed E-state index contributed by atoms with van der Waals surface area (Å²) in [5.74, 6) is 0. The second-order valence-corrected chi connectivity index (χ2v) is 2.59. The molecule has 0 amide bonds. The van der Waals surface area contributed by atoms with Gasteiger partial charge in [0.05, 0.1) is 0 Å². The maximum absolute atomic E-state index is 5.14. The normalized spacial score (nSPS) is 10.6. The van der Waals surface area contributed by atoms with Crippen LogP contribution in [0.2, 0.25) is 0 Å². The van der Waals surface area contributed by atoms with Gasteiger partial charge >= 0.3 is 0 Å². The molecule has 1 radical (unpaired) electrons. The molecule has 1 aromatic carbocycles. The first-order valence-electron chi connectivity index (χ1n) is 3.78. The molecule has 55 valence electrons. The van der Waals surface area contributed by atoms with Crippen molar-refractivity contribution in [3.8, 4) is 0 Å². The molecule has 1 nitrogen and oxygen atoms in total. The van der Waals surface area contributed by atoms with Crippen LogP contribution in [0.5, 0.6) is 0 Å². The highest BCUT2D eigenvalue weighted by Crippen LogP contribution is 2.16. The molecule has 0 spiro atoms. The van der Waals surface area contributed by atoms with Gasteiger partial charge < -0.3 is 4.42 Å². The van der Waals surface area contributed by atoms with Crippen molar-refractivity contribution in [2.45, 2.75) is 13.3 Å². The number of benzene rings is 1. The molecule has 2 rings (SSSR count). The number of rotatable bonds is 1. The predicted molar refractivity (Wildman–Crippen MR) is 44.4 cm³/mol. The Morgan fingerprint density at radius 2 is 2.36 bits per heavy atom. The van der Waals surface area contributed by atoms with E-state index < -0.39 is 0 Å². The predicted octanol–water partition coefficient (Wildman–Crippen LogP) is 2.80. The second kappa shape index (κ2) is 2.42. The van der Waals surface area contributed by atoms with Gasteiger partial charge in [-0.15, -0.1) is 0 Å². The van der Waals surface area contributed by atoms with Crippen LogP contribution < -0.4 is 0 Å². The average Bonchev–Trinajstić information content (AvgIpc) is 2.50. The molecule has 1 heteroatoms. The van der Waals surface area contributed by atoms with Crippen molar-refractivity contribution in [3.63, 3.8) is 0 Å². The monoisotopic (exact) mass is 145 g/mol. The molecular weight excluding hydrogens is 136 g/mol. The minimum atomic E-state index is 0.935. The van der Waals surface area contributed by atoms with Gasteiger partial charge in [-0.05, 0) is 24.1 Å². The standard InChI is InChI=1S/C10H9O/c1-2-8-3-4-9-5-6-11-10(9)7-8/h3-5,7H,2H2,1H3. The lowest BCUT2D eigenvalue weighted by Gasteiger charge is -1.93. The molecule has 0 fully saturated rings. The third kappa shape index (κ3) is 1.03. The van der Waals surface area contributed by atoms with Gasteiger partial charge in [-0.1, -0.05) is 19.1 Å². The van der Waals surface area contributed by atoms with Crippen LogP contribution in [0.4, 0.5) is 0 Å². The van der Waals surface area contributed by atoms with Gasteiger partial charge in [0, 0.05) is 5.39 Å². The summed E-state index contributed by atoms with van der Waals surface area (Å²) in [6, 6.07) is 8.10. The largest absolute Gasteiger partial charge is 0.453 e. The van der Waals surface area contributed by atoms with Crippen LogP contribution in [0.15, 0.2) is 28.7 Å². The van der Waals surface area contributed by atoms with Crippen molar-refractivity contribution < 1.29 is 4.42 Å². The maximum Gasteiger partial charge on any atom is 0.170 e. The SMILES string of the molecule is CCc1ccc2c[c]oc2c1. The first-order chi connectivity index (χ1) is 5.40. The van der Waals surface area contributed by atoms with Gasteiger partial charge in [0.1, 0.15) is 5.58 Å². The molecular formula is C10H9O. The van der Waals surface area contributed by atoms with Crippen molar-refractivity contribution in [3.05, 3.63) is 36.1 Å². The van der Waals surface area contributed by atoms with Crippen LogP contribution in [0.3, 0.4) is 0 Å². The molecule has 0 N–H and O–H groups in total. The van der Waals surface area contributed by atoms with Crippen LogP contribution in [0, 0.1) is 6.26 Å². The molecule has 0 aliphatic heterocycles. The summed E-state index contributed by atoms with van der Waals surface area (Å²) in [7, 11) is 0. The quantitative estimate of drug-likeness (QED) is 0.601. The topological polar surface area (TPSA) is 13.1 Å². The van der Waals surface area contributed by atoms with Crippen molar-refractivity contribution in [1.82, 2.24) is 0 Å². The molecule has 1 heterocycles. The van der Waals surface area contributed by atoms with E-state index in [0.29, 0.717) is 0 Å². The average molecular weight is 145 g/mol. The second-order valence-electron chi connectivity index (χ2n) is 2.59. The fraction of sp³-hybridized carbons (Fsp3) is 0.200. The summed E-state index contributed by atoms with van der Waals surface area (Å²) in [6.07, 6.45) is 3.77. The Bertz CT molecular complexity index is 360. The van der Waals surface area contributed by atoms with Crippen LogP contribution in [-0.2, 0) is 6.42 Å². The van der Waals surface area contributed by atoms with Crippen molar-refractivity contribution >= 4 is 11.0 Å².